The Morgan fingerprint density at radius 1 is 0.727 bits per heavy atom. The molecule has 2 aromatic rings. The minimum absolute atomic E-state index is 0.127. The fourth-order valence-corrected chi connectivity index (χ4v) is 2.82. The van der Waals surface area contributed by atoms with Gasteiger partial charge in [0, 0.05) is 24.5 Å². The fraction of sp³-hybridized carbons (Fsp3) is 0.621. The van der Waals surface area contributed by atoms with E-state index in [0.29, 0.717) is 17.1 Å². The van der Waals surface area contributed by atoms with Crippen molar-refractivity contribution in [2.45, 2.75) is 119 Å². The lowest BCUT2D eigenvalue weighted by Crippen LogP contribution is -2.42. The number of rotatable bonds is 4. The Bertz CT molecular complexity index is 1180. The van der Waals surface area contributed by atoms with Gasteiger partial charge in [-0.15, -0.1) is 0 Å². The van der Waals surface area contributed by atoms with Gasteiger partial charge in [-0.2, -0.15) is 0 Å². The number of halogens is 2. The van der Waals surface area contributed by atoms with E-state index >= 15 is 0 Å². The first-order valence-electron chi connectivity index (χ1n) is 13.8. The molecule has 0 saturated carbocycles. The number of carbonyl (C=O) groups excluding carboxylic acids is 3. The van der Waals surface area contributed by atoms with Crippen LogP contribution in [0.25, 0.3) is 0 Å². The normalized spacial score (nSPS) is 11.3. The summed E-state index contributed by atoms with van der Waals surface area (Å²) in [6.45, 7) is 23.2. The van der Waals surface area contributed by atoms with E-state index in [4.69, 9.17) is 37.4 Å². The Morgan fingerprint density at radius 2 is 1.16 bits per heavy atom. The largest absolute Gasteiger partial charge is 0.519 e. The van der Waals surface area contributed by atoms with E-state index < -0.39 is 35.2 Å². The molecule has 2 aromatic heterocycles. The number of ether oxygens (including phenoxy) is 4. The molecule has 0 aliphatic heterocycles. The summed E-state index contributed by atoms with van der Waals surface area (Å²) in [7, 11) is 0. The maximum absolute atomic E-state index is 12.1. The molecule has 15 heteroatoms. The highest BCUT2D eigenvalue weighted by Gasteiger charge is 2.27. The molecule has 0 saturated heterocycles. The van der Waals surface area contributed by atoms with Crippen LogP contribution >= 0.6 is 23.2 Å². The molecule has 0 radical (unpaired) electrons. The highest BCUT2D eigenvalue weighted by Crippen LogP contribution is 2.18. The second-order valence-electron chi connectivity index (χ2n) is 12.7. The molecule has 13 nitrogen and oxygen atoms in total. The van der Waals surface area contributed by atoms with Crippen molar-refractivity contribution >= 4 is 53.5 Å². The average molecular weight is 662 g/mol. The van der Waals surface area contributed by atoms with Crippen molar-refractivity contribution in [2.24, 2.45) is 0 Å². The maximum atomic E-state index is 12.1. The van der Waals surface area contributed by atoms with E-state index in [1.165, 1.54) is 11.1 Å². The molecule has 1 N–H and O–H groups in total. The number of anilines is 2. The van der Waals surface area contributed by atoms with Crippen molar-refractivity contribution in [1.82, 2.24) is 19.9 Å². The lowest BCUT2D eigenvalue weighted by atomic mass is 10.2. The summed E-state index contributed by atoms with van der Waals surface area (Å²) in [6, 6.07) is 3.40. The van der Waals surface area contributed by atoms with Crippen LogP contribution in [-0.4, -0.2) is 67.2 Å². The molecule has 0 aliphatic rings. The van der Waals surface area contributed by atoms with E-state index in [1.54, 1.807) is 59.9 Å². The molecule has 0 atom stereocenters. The minimum atomic E-state index is -1.06. The lowest BCUT2D eigenvalue weighted by Gasteiger charge is -2.28. The molecule has 1 amide bonds. The molecule has 44 heavy (non-hydrogen) atoms. The Kier molecular flexibility index (Phi) is 16.4. The van der Waals surface area contributed by atoms with Crippen LogP contribution in [0, 0.1) is 0 Å². The second-order valence-corrected chi connectivity index (χ2v) is 13.4. The van der Waals surface area contributed by atoms with Crippen LogP contribution in [0.2, 0.25) is 10.3 Å². The molecular weight excluding hydrogens is 615 g/mol. The first-order chi connectivity index (χ1) is 19.9. The highest BCUT2D eigenvalue weighted by atomic mass is 35.5. The monoisotopic (exact) mass is 660 g/mol. The SMILES string of the molecule is CC(C)(C)OC(=O)OC(=O)OC(C)(C)C.CC(C)N(C(=O)OC(C)(C)C)c1nccc(Cl)n1.CC(C)Nc1nccc(Cl)n1. The van der Waals surface area contributed by atoms with Crippen molar-refractivity contribution in [1.29, 1.82) is 0 Å². The topological polar surface area (TPSA) is 155 Å². The number of amides is 1. The van der Waals surface area contributed by atoms with Crippen LogP contribution in [0.15, 0.2) is 24.5 Å². The smallest absolute Gasteiger partial charge is 0.443 e. The summed E-state index contributed by atoms with van der Waals surface area (Å²) >= 11 is 11.4. The molecule has 2 rings (SSSR count). The number of hydrogen-bond donors (Lipinski definition) is 1. The van der Waals surface area contributed by atoms with Gasteiger partial charge in [0.25, 0.3) is 0 Å². The van der Waals surface area contributed by atoms with Gasteiger partial charge in [0.15, 0.2) is 0 Å². The summed E-state index contributed by atoms with van der Waals surface area (Å²) in [5.41, 5.74) is -1.96. The number of nitrogens with one attached hydrogen (secondary N) is 1. The van der Waals surface area contributed by atoms with Gasteiger partial charge < -0.3 is 24.3 Å². The third-order valence-corrected chi connectivity index (χ3v) is 4.34. The lowest BCUT2D eigenvalue weighted by molar-refractivity contribution is -0.0294. The van der Waals surface area contributed by atoms with Gasteiger partial charge in [0.2, 0.25) is 11.9 Å². The van der Waals surface area contributed by atoms with Gasteiger partial charge >= 0.3 is 18.4 Å². The maximum Gasteiger partial charge on any atom is 0.519 e. The van der Waals surface area contributed by atoms with Crippen LogP contribution in [0.5, 0.6) is 0 Å². The summed E-state index contributed by atoms with van der Waals surface area (Å²) in [5, 5.41) is 3.79. The summed E-state index contributed by atoms with van der Waals surface area (Å²) in [6.07, 6.45) is 0.526. The summed E-state index contributed by atoms with van der Waals surface area (Å²) in [4.78, 5) is 51.5. The van der Waals surface area contributed by atoms with Crippen molar-refractivity contribution in [2.75, 3.05) is 10.2 Å². The van der Waals surface area contributed by atoms with E-state index in [0.717, 1.165) is 0 Å². The van der Waals surface area contributed by atoms with Crippen LogP contribution in [0.3, 0.4) is 0 Å². The molecule has 0 spiro atoms. The van der Waals surface area contributed by atoms with Crippen LogP contribution in [0.1, 0.15) is 90.0 Å². The number of nitrogens with zero attached hydrogens (tertiary/aromatic N) is 5. The minimum Gasteiger partial charge on any atom is -0.443 e. The molecule has 0 aliphatic carbocycles. The van der Waals surface area contributed by atoms with Crippen LogP contribution in [-0.2, 0) is 18.9 Å². The third kappa shape index (κ3) is 20.5. The zero-order chi connectivity index (χ0) is 34.5. The molecule has 2 heterocycles. The highest BCUT2D eigenvalue weighted by molar-refractivity contribution is 6.29. The standard InChI is InChI=1S/C12H18ClN3O2.C10H18O5.C7H10ClN3/c1-8(2)16(11(17)18-12(3,4)5)10-14-7-6-9(13)15-10;1-9(2,3)14-7(11)13-8(12)15-10(4,5)6;1-5(2)10-7-9-4-3-6(8)11-7/h6-8H,1-5H3;1-6H3;3-5H,1-2H3,(H,9,10,11). The van der Waals surface area contributed by atoms with Crippen molar-refractivity contribution in [3.05, 3.63) is 34.8 Å². The summed E-state index contributed by atoms with van der Waals surface area (Å²) < 4.78 is 19.1. The van der Waals surface area contributed by atoms with Gasteiger partial charge in [-0.3, -0.25) is 0 Å². The zero-order valence-electron chi connectivity index (χ0n) is 27.8. The number of carbonyl (C=O) groups is 3. The Labute approximate surface area is 270 Å². The van der Waals surface area contributed by atoms with Crippen molar-refractivity contribution in [3.63, 3.8) is 0 Å². The molecule has 248 valence electrons. The zero-order valence-corrected chi connectivity index (χ0v) is 29.3. The quantitative estimate of drug-likeness (QED) is 0.146. The first kappa shape index (κ1) is 40.5. The molecule has 0 aromatic carbocycles. The third-order valence-electron chi connectivity index (χ3n) is 3.92. The van der Waals surface area contributed by atoms with Gasteiger partial charge in [-0.25, -0.2) is 39.2 Å². The molecule has 0 bridgehead atoms. The fourth-order valence-electron chi connectivity index (χ4n) is 2.55. The Balaban J connectivity index is 0.000000649. The van der Waals surface area contributed by atoms with Gasteiger partial charge in [0.1, 0.15) is 27.1 Å². The van der Waals surface area contributed by atoms with Crippen molar-refractivity contribution < 1.29 is 33.3 Å². The van der Waals surface area contributed by atoms with Gasteiger partial charge in [-0.1, -0.05) is 23.2 Å². The predicted molar refractivity (Wildman–Crippen MR) is 170 cm³/mol. The van der Waals surface area contributed by atoms with Gasteiger partial charge in [0.05, 0.1) is 0 Å². The Hall–Kier alpha value is -3.45. The van der Waals surface area contributed by atoms with E-state index in [-0.39, 0.29) is 17.1 Å². The predicted octanol–water partition coefficient (Wildman–Crippen LogP) is 8.10. The molecular formula is C29H46Cl2N6O7. The van der Waals surface area contributed by atoms with Crippen LogP contribution < -0.4 is 10.2 Å². The van der Waals surface area contributed by atoms with E-state index in [9.17, 15) is 14.4 Å². The van der Waals surface area contributed by atoms with Gasteiger partial charge in [-0.05, 0) is 102 Å². The van der Waals surface area contributed by atoms with Crippen LogP contribution in [0.4, 0.5) is 26.3 Å². The number of aromatic nitrogens is 4. The van der Waals surface area contributed by atoms with Crippen molar-refractivity contribution in [3.8, 4) is 0 Å². The average Bonchev–Trinajstić information content (AvgIpc) is 2.75. The summed E-state index contributed by atoms with van der Waals surface area (Å²) in [5.74, 6) is 0.819. The van der Waals surface area contributed by atoms with E-state index in [1.807, 2.05) is 48.5 Å². The van der Waals surface area contributed by atoms with E-state index in [2.05, 4.69) is 30.0 Å². The number of hydrogen-bond acceptors (Lipinski definition) is 12. The first-order valence-corrected chi connectivity index (χ1v) is 14.5. The second kappa shape index (κ2) is 17.7. The Morgan fingerprint density at radius 3 is 1.52 bits per heavy atom. The molecule has 0 fully saturated rings. The molecule has 0 unspecified atom stereocenters.